The average Bonchev–Trinajstić information content (AvgIpc) is 2.26. The lowest BCUT2D eigenvalue weighted by Crippen LogP contribution is -2.33. The number of hydrogen-bond donors (Lipinski definition) is 2. The SMILES string of the molecule is C[N+](C)(C)Cc1ccccc1.O=S(=O)(O)C(F)C(O)F. The molecule has 2 N–H and O–H groups in total. The second kappa shape index (κ2) is 7.63. The van der Waals surface area contributed by atoms with Crippen molar-refractivity contribution in [2.45, 2.75) is 18.4 Å². The van der Waals surface area contributed by atoms with Gasteiger partial charge in [-0.3, -0.25) is 4.55 Å². The number of benzene rings is 1. The molecule has 5 nitrogen and oxygen atoms in total. The molecule has 0 saturated heterocycles. The summed E-state index contributed by atoms with van der Waals surface area (Å²) < 4.78 is 50.6. The molecule has 0 saturated carbocycles. The Balaban J connectivity index is 0.000000370. The van der Waals surface area contributed by atoms with Crippen molar-refractivity contribution in [2.75, 3.05) is 21.1 Å². The Morgan fingerprint density at radius 3 is 1.85 bits per heavy atom. The number of rotatable bonds is 4. The van der Waals surface area contributed by atoms with Gasteiger partial charge in [0.2, 0.25) is 6.36 Å². The van der Waals surface area contributed by atoms with Gasteiger partial charge in [-0.25, -0.2) is 8.78 Å². The summed E-state index contributed by atoms with van der Waals surface area (Å²) in [5.41, 5.74) is -1.86. The Kier molecular flexibility index (Phi) is 7.21. The van der Waals surface area contributed by atoms with E-state index in [1.54, 1.807) is 0 Å². The summed E-state index contributed by atoms with van der Waals surface area (Å²) in [4.78, 5) is 0. The van der Waals surface area contributed by atoms with Crippen LogP contribution in [0.1, 0.15) is 5.56 Å². The van der Waals surface area contributed by atoms with Crippen LogP contribution in [0.25, 0.3) is 0 Å². The third-order valence-electron chi connectivity index (χ3n) is 2.00. The summed E-state index contributed by atoms with van der Waals surface area (Å²) in [5, 5.41) is 7.58. The predicted molar refractivity (Wildman–Crippen MR) is 71.7 cm³/mol. The first-order valence-electron chi connectivity index (χ1n) is 5.70. The van der Waals surface area contributed by atoms with Crippen LogP contribution in [0.15, 0.2) is 30.3 Å². The minimum Gasteiger partial charge on any atom is -0.361 e. The molecule has 1 aromatic rings. The number of hydrogen-bond acceptors (Lipinski definition) is 3. The molecule has 0 radical (unpaired) electrons. The van der Waals surface area contributed by atoms with Crippen LogP contribution in [0.2, 0.25) is 0 Å². The lowest BCUT2D eigenvalue weighted by molar-refractivity contribution is -0.884. The zero-order valence-corrected chi connectivity index (χ0v) is 12.4. The van der Waals surface area contributed by atoms with Crippen molar-refractivity contribution in [1.29, 1.82) is 0 Å². The highest BCUT2D eigenvalue weighted by Gasteiger charge is 2.30. The van der Waals surface area contributed by atoms with Crippen molar-refractivity contribution in [3.05, 3.63) is 35.9 Å². The van der Waals surface area contributed by atoms with Crippen LogP contribution in [0.5, 0.6) is 0 Å². The molecule has 8 heteroatoms. The average molecular weight is 312 g/mol. The number of nitrogens with zero attached hydrogens (tertiary/aromatic N) is 1. The Morgan fingerprint density at radius 1 is 1.15 bits per heavy atom. The third-order valence-corrected chi connectivity index (χ3v) is 2.79. The largest absolute Gasteiger partial charge is 0.361 e. The number of halogens is 2. The van der Waals surface area contributed by atoms with Gasteiger partial charge in [0.15, 0.2) is 0 Å². The van der Waals surface area contributed by atoms with Gasteiger partial charge >= 0.3 is 10.1 Å². The topological polar surface area (TPSA) is 74.6 Å². The minimum absolute atomic E-state index is 0.990. The van der Waals surface area contributed by atoms with Crippen LogP contribution >= 0.6 is 0 Å². The zero-order valence-electron chi connectivity index (χ0n) is 11.6. The van der Waals surface area contributed by atoms with E-state index in [2.05, 4.69) is 51.5 Å². The van der Waals surface area contributed by atoms with Gasteiger partial charge in [0.1, 0.15) is 6.54 Å². The van der Waals surface area contributed by atoms with Crippen molar-refractivity contribution >= 4 is 10.1 Å². The maximum Gasteiger partial charge on any atom is 0.303 e. The molecule has 0 aliphatic heterocycles. The van der Waals surface area contributed by atoms with Crippen LogP contribution in [0.4, 0.5) is 8.78 Å². The van der Waals surface area contributed by atoms with Crippen molar-refractivity contribution in [2.24, 2.45) is 0 Å². The monoisotopic (exact) mass is 312 g/mol. The molecule has 2 atom stereocenters. The summed E-state index contributed by atoms with van der Waals surface area (Å²) in [6.07, 6.45) is -3.19. The van der Waals surface area contributed by atoms with Crippen LogP contribution in [-0.2, 0) is 16.7 Å². The van der Waals surface area contributed by atoms with E-state index >= 15 is 0 Å². The van der Waals surface area contributed by atoms with Gasteiger partial charge in [-0.05, 0) is 0 Å². The molecule has 0 heterocycles. The van der Waals surface area contributed by atoms with Gasteiger partial charge in [-0.2, -0.15) is 8.42 Å². The molecule has 0 amide bonds. The minimum atomic E-state index is -5.09. The molecular weight excluding hydrogens is 292 g/mol. The standard InChI is InChI=1S/C10H16N.C2H4F2O4S/c1-11(2,3)9-10-7-5-4-6-8-10;3-1(5)2(4)9(6,7)8/h4-8H,9H2,1-3H3;1-2,5H,(H,6,7,8)/q+1;. The maximum atomic E-state index is 11.6. The van der Waals surface area contributed by atoms with Crippen LogP contribution in [0.3, 0.4) is 0 Å². The maximum absolute atomic E-state index is 11.6. The summed E-state index contributed by atoms with van der Waals surface area (Å²) in [7, 11) is 1.51. The molecule has 0 fully saturated rings. The van der Waals surface area contributed by atoms with Gasteiger partial charge in [0, 0.05) is 5.56 Å². The molecule has 0 aliphatic rings. The van der Waals surface area contributed by atoms with Gasteiger partial charge in [-0.15, -0.1) is 0 Å². The fraction of sp³-hybridized carbons (Fsp3) is 0.500. The van der Waals surface area contributed by atoms with E-state index in [1.807, 2.05) is 0 Å². The Hall–Kier alpha value is -1.09. The fourth-order valence-corrected chi connectivity index (χ4v) is 1.56. The quantitative estimate of drug-likeness (QED) is 0.650. The second-order valence-electron chi connectivity index (χ2n) is 5.17. The lowest BCUT2D eigenvalue weighted by atomic mass is 10.2. The molecule has 1 aromatic carbocycles. The highest BCUT2D eigenvalue weighted by molar-refractivity contribution is 7.86. The van der Waals surface area contributed by atoms with E-state index in [-0.39, 0.29) is 0 Å². The van der Waals surface area contributed by atoms with Crippen molar-refractivity contribution in [3.63, 3.8) is 0 Å². The van der Waals surface area contributed by atoms with E-state index in [1.165, 1.54) is 5.56 Å². The third kappa shape index (κ3) is 8.92. The van der Waals surface area contributed by atoms with Gasteiger partial charge in [0.25, 0.3) is 5.50 Å². The van der Waals surface area contributed by atoms with Crippen molar-refractivity contribution in [1.82, 2.24) is 0 Å². The first-order valence-corrected chi connectivity index (χ1v) is 7.20. The zero-order chi connectivity index (χ0) is 16.0. The molecule has 0 aliphatic carbocycles. The number of aliphatic hydroxyl groups excluding tert-OH is 1. The van der Waals surface area contributed by atoms with Crippen LogP contribution < -0.4 is 0 Å². The number of quaternary nitrogens is 1. The molecule has 1 rings (SSSR count). The summed E-state index contributed by atoms with van der Waals surface area (Å²) in [6.45, 7) is 1.10. The van der Waals surface area contributed by atoms with Crippen LogP contribution in [-0.4, -0.2) is 55.6 Å². The summed E-state index contributed by atoms with van der Waals surface area (Å²) >= 11 is 0. The first-order chi connectivity index (χ1) is 8.93. The Morgan fingerprint density at radius 2 is 1.60 bits per heavy atom. The molecule has 0 bridgehead atoms. The van der Waals surface area contributed by atoms with E-state index in [9.17, 15) is 17.2 Å². The van der Waals surface area contributed by atoms with E-state index in [0.29, 0.717) is 0 Å². The molecule has 0 spiro atoms. The molecule has 2 unspecified atom stereocenters. The summed E-state index contributed by atoms with van der Waals surface area (Å²) in [6, 6.07) is 10.6. The molecule has 0 aromatic heterocycles. The molecule has 20 heavy (non-hydrogen) atoms. The predicted octanol–water partition coefficient (Wildman–Crippen LogP) is 1.35. The highest BCUT2D eigenvalue weighted by Crippen LogP contribution is 2.06. The Labute approximate surface area is 117 Å². The number of aliphatic hydroxyl groups is 1. The lowest BCUT2D eigenvalue weighted by Gasteiger charge is -2.23. The van der Waals surface area contributed by atoms with Gasteiger partial charge in [0.05, 0.1) is 21.1 Å². The second-order valence-corrected chi connectivity index (χ2v) is 6.65. The Bertz CT molecular complexity index is 486. The van der Waals surface area contributed by atoms with E-state index < -0.39 is 22.0 Å². The van der Waals surface area contributed by atoms with Crippen molar-refractivity contribution in [3.8, 4) is 0 Å². The molecular formula is C12H20F2NO4S+. The smallest absolute Gasteiger partial charge is 0.303 e. The van der Waals surface area contributed by atoms with Crippen molar-refractivity contribution < 1.29 is 31.3 Å². The fourth-order valence-electron chi connectivity index (χ4n) is 1.27. The number of alkyl halides is 2. The first kappa shape index (κ1) is 18.9. The van der Waals surface area contributed by atoms with Gasteiger partial charge < -0.3 is 9.59 Å². The summed E-state index contributed by atoms with van der Waals surface area (Å²) in [5.74, 6) is 0. The van der Waals surface area contributed by atoms with E-state index in [4.69, 9.17) is 9.66 Å². The highest BCUT2D eigenvalue weighted by atomic mass is 32.2. The normalized spacial score (nSPS) is 14.9. The van der Waals surface area contributed by atoms with Crippen LogP contribution in [0, 0.1) is 0 Å². The van der Waals surface area contributed by atoms with E-state index in [0.717, 1.165) is 11.0 Å². The van der Waals surface area contributed by atoms with Gasteiger partial charge in [-0.1, -0.05) is 30.3 Å². The molecule has 116 valence electrons.